The highest BCUT2D eigenvalue weighted by Gasteiger charge is 2.16. The highest BCUT2D eigenvalue weighted by molar-refractivity contribution is 7.08. The number of hydrogen-bond acceptors (Lipinski definition) is 5. The van der Waals surface area contributed by atoms with Gasteiger partial charge in [-0.1, -0.05) is 0 Å². The Morgan fingerprint density at radius 3 is 2.81 bits per heavy atom. The number of aryl methyl sites for hydroxylation is 2. The van der Waals surface area contributed by atoms with Gasteiger partial charge in [0.25, 0.3) is 0 Å². The largest absolute Gasteiger partial charge is 0.271 e. The van der Waals surface area contributed by atoms with E-state index in [0.29, 0.717) is 0 Å². The lowest BCUT2D eigenvalue weighted by Crippen LogP contribution is -2.29. The van der Waals surface area contributed by atoms with Crippen LogP contribution in [0.5, 0.6) is 0 Å². The summed E-state index contributed by atoms with van der Waals surface area (Å²) in [5.74, 6) is 5.62. The fourth-order valence-electron chi connectivity index (χ4n) is 1.67. The van der Waals surface area contributed by atoms with Gasteiger partial charge in [0.1, 0.15) is 0 Å². The topological polar surface area (TPSA) is 63.8 Å². The summed E-state index contributed by atoms with van der Waals surface area (Å²) in [7, 11) is 0. The first-order chi connectivity index (χ1) is 7.72. The summed E-state index contributed by atoms with van der Waals surface area (Å²) < 4.78 is 0. The van der Waals surface area contributed by atoms with E-state index in [2.05, 4.69) is 27.1 Å². The molecular formula is C11H14N4S. The zero-order chi connectivity index (χ0) is 11.5. The van der Waals surface area contributed by atoms with Crippen LogP contribution in [0.15, 0.2) is 22.9 Å². The third-order valence-corrected chi connectivity index (χ3v) is 3.20. The summed E-state index contributed by atoms with van der Waals surface area (Å²) in [6, 6.07) is 4.06. The van der Waals surface area contributed by atoms with Gasteiger partial charge < -0.3 is 0 Å². The van der Waals surface area contributed by atoms with Crippen LogP contribution in [0.1, 0.15) is 28.6 Å². The summed E-state index contributed by atoms with van der Waals surface area (Å²) in [4.78, 5) is 0. The van der Waals surface area contributed by atoms with Crippen molar-refractivity contribution < 1.29 is 0 Å². The maximum Gasteiger partial charge on any atom is 0.0737 e. The van der Waals surface area contributed by atoms with Crippen molar-refractivity contribution in [3.8, 4) is 0 Å². The second-order valence-electron chi connectivity index (χ2n) is 3.68. The lowest BCUT2D eigenvalue weighted by atomic mass is 10.0. The average Bonchev–Trinajstić information content (AvgIpc) is 2.78. The first-order valence-corrected chi connectivity index (χ1v) is 5.95. The highest BCUT2D eigenvalue weighted by Crippen LogP contribution is 2.24. The standard InChI is InChI=1S/C11H14N4S/c1-7-5-10(8(2)15-14-7)11(13-12)9-3-4-16-6-9/h3-6,11,13H,12H2,1-2H3. The van der Waals surface area contributed by atoms with Crippen molar-refractivity contribution in [1.82, 2.24) is 15.6 Å². The van der Waals surface area contributed by atoms with Crippen molar-refractivity contribution in [2.45, 2.75) is 19.9 Å². The van der Waals surface area contributed by atoms with Gasteiger partial charge in [-0.25, -0.2) is 5.43 Å². The lowest BCUT2D eigenvalue weighted by Gasteiger charge is -2.16. The third-order valence-electron chi connectivity index (χ3n) is 2.49. The third kappa shape index (κ3) is 2.11. The van der Waals surface area contributed by atoms with Gasteiger partial charge in [0, 0.05) is 0 Å². The Bertz CT molecular complexity index is 467. The fraction of sp³-hybridized carbons (Fsp3) is 0.273. The molecule has 5 heteroatoms. The van der Waals surface area contributed by atoms with Crippen LogP contribution in [-0.2, 0) is 0 Å². The van der Waals surface area contributed by atoms with Crippen LogP contribution < -0.4 is 11.3 Å². The molecule has 0 spiro atoms. The molecule has 0 saturated carbocycles. The Hall–Kier alpha value is -1.30. The minimum Gasteiger partial charge on any atom is -0.271 e. The molecule has 2 aromatic rings. The summed E-state index contributed by atoms with van der Waals surface area (Å²) >= 11 is 1.66. The van der Waals surface area contributed by atoms with Crippen molar-refractivity contribution in [3.05, 3.63) is 45.4 Å². The van der Waals surface area contributed by atoms with E-state index in [9.17, 15) is 0 Å². The molecule has 16 heavy (non-hydrogen) atoms. The number of thiophene rings is 1. The monoisotopic (exact) mass is 234 g/mol. The van der Waals surface area contributed by atoms with Crippen molar-refractivity contribution in [3.63, 3.8) is 0 Å². The number of hydrazine groups is 1. The van der Waals surface area contributed by atoms with Crippen molar-refractivity contribution in [1.29, 1.82) is 0 Å². The predicted octanol–water partition coefficient (Wildman–Crippen LogP) is 1.71. The number of nitrogens with zero attached hydrogens (tertiary/aromatic N) is 2. The van der Waals surface area contributed by atoms with Gasteiger partial charge in [-0.05, 0) is 47.9 Å². The van der Waals surface area contributed by atoms with Crippen LogP contribution in [-0.4, -0.2) is 10.2 Å². The van der Waals surface area contributed by atoms with Crippen LogP contribution in [0, 0.1) is 13.8 Å². The zero-order valence-corrected chi connectivity index (χ0v) is 10.1. The van der Waals surface area contributed by atoms with E-state index >= 15 is 0 Å². The molecule has 1 atom stereocenters. The molecule has 0 bridgehead atoms. The van der Waals surface area contributed by atoms with Gasteiger partial charge >= 0.3 is 0 Å². The normalized spacial score (nSPS) is 12.7. The summed E-state index contributed by atoms with van der Waals surface area (Å²) in [6.07, 6.45) is 0. The summed E-state index contributed by atoms with van der Waals surface area (Å²) in [6.45, 7) is 3.87. The number of aromatic nitrogens is 2. The molecule has 0 aliphatic carbocycles. The molecule has 0 aromatic carbocycles. The van der Waals surface area contributed by atoms with Gasteiger partial charge in [-0.2, -0.15) is 21.5 Å². The molecule has 2 heterocycles. The molecule has 0 amide bonds. The molecule has 1 unspecified atom stereocenters. The zero-order valence-electron chi connectivity index (χ0n) is 9.27. The van der Waals surface area contributed by atoms with Gasteiger partial charge in [-0.15, -0.1) is 0 Å². The average molecular weight is 234 g/mol. The molecular weight excluding hydrogens is 220 g/mol. The number of nitrogens with two attached hydrogens (primary N) is 1. The lowest BCUT2D eigenvalue weighted by molar-refractivity contribution is 0.627. The molecule has 84 valence electrons. The molecule has 0 fully saturated rings. The van der Waals surface area contributed by atoms with Crippen LogP contribution in [0.2, 0.25) is 0 Å². The first-order valence-electron chi connectivity index (χ1n) is 5.01. The molecule has 2 rings (SSSR count). The highest BCUT2D eigenvalue weighted by atomic mass is 32.1. The maximum atomic E-state index is 5.62. The first kappa shape index (κ1) is 11.2. The SMILES string of the molecule is Cc1cc(C(NN)c2ccsc2)c(C)nn1. The predicted molar refractivity (Wildman–Crippen MR) is 65.0 cm³/mol. The Kier molecular flexibility index (Phi) is 3.28. The molecule has 0 saturated heterocycles. The van der Waals surface area contributed by atoms with Crippen molar-refractivity contribution >= 4 is 11.3 Å². The molecule has 0 aliphatic heterocycles. The Labute approximate surface area is 98.5 Å². The van der Waals surface area contributed by atoms with E-state index in [0.717, 1.165) is 22.5 Å². The van der Waals surface area contributed by atoms with Gasteiger partial charge in [0.05, 0.1) is 17.4 Å². The summed E-state index contributed by atoms with van der Waals surface area (Å²) in [5.41, 5.74) is 6.86. The van der Waals surface area contributed by atoms with E-state index in [4.69, 9.17) is 5.84 Å². The molecule has 0 radical (unpaired) electrons. The van der Waals surface area contributed by atoms with Crippen LogP contribution in [0.3, 0.4) is 0 Å². The van der Waals surface area contributed by atoms with Gasteiger partial charge in [0.15, 0.2) is 0 Å². The molecule has 2 aromatic heterocycles. The van der Waals surface area contributed by atoms with E-state index < -0.39 is 0 Å². The van der Waals surface area contributed by atoms with E-state index in [-0.39, 0.29) is 6.04 Å². The minimum absolute atomic E-state index is 0.0135. The Morgan fingerprint density at radius 2 is 2.19 bits per heavy atom. The second kappa shape index (κ2) is 4.69. The van der Waals surface area contributed by atoms with Crippen LogP contribution in [0.4, 0.5) is 0 Å². The molecule has 3 N–H and O–H groups in total. The van der Waals surface area contributed by atoms with Crippen LogP contribution in [0.25, 0.3) is 0 Å². The number of rotatable bonds is 3. The van der Waals surface area contributed by atoms with E-state index in [1.54, 1.807) is 11.3 Å². The Balaban J connectivity index is 2.44. The number of nitrogens with one attached hydrogen (secondary N) is 1. The Morgan fingerprint density at radius 1 is 1.38 bits per heavy atom. The van der Waals surface area contributed by atoms with E-state index in [1.807, 2.05) is 25.3 Å². The van der Waals surface area contributed by atoms with E-state index in [1.165, 1.54) is 0 Å². The second-order valence-corrected chi connectivity index (χ2v) is 4.46. The fourth-order valence-corrected chi connectivity index (χ4v) is 2.35. The quantitative estimate of drug-likeness (QED) is 0.627. The minimum atomic E-state index is -0.0135. The van der Waals surface area contributed by atoms with Gasteiger partial charge in [-0.3, -0.25) is 5.84 Å². The number of hydrogen-bond donors (Lipinski definition) is 2. The summed E-state index contributed by atoms with van der Waals surface area (Å²) in [5, 5.41) is 12.3. The van der Waals surface area contributed by atoms with Gasteiger partial charge in [0.2, 0.25) is 0 Å². The van der Waals surface area contributed by atoms with Crippen molar-refractivity contribution in [2.24, 2.45) is 5.84 Å². The maximum absolute atomic E-state index is 5.62. The smallest absolute Gasteiger partial charge is 0.0737 e. The molecule has 0 aliphatic rings. The van der Waals surface area contributed by atoms with Crippen LogP contribution >= 0.6 is 11.3 Å². The molecule has 4 nitrogen and oxygen atoms in total. The van der Waals surface area contributed by atoms with Crippen molar-refractivity contribution in [2.75, 3.05) is 0 Å².